The maximum Gasteiger partial charge on any atom is 0.203 e. The van der Waals surface area contributed by atoms with E-state index < -0.39 is 0 Å². The molecule has 5 nitrogen and oxygen atoms in total. The molecule has 0 bridgehead atoms. The van der Waals surface area contributed by atoms with E-state index in [9.17, 15) is 0 Å². The summed E-state index contributed by atoms with van der Waals surface area (Å²) in [6, 6.07) is 3.66. The summed E-state index contributed by atoms with van der Waals surface area (Å²) in [5.74, 6) is 2.54. The Kier molecular flexibility index (Phi) is 4.74. The van der Waals surface area contributed by atoms with Crippen LogP contribution in [0.2, 0.25) is 0 Å². The highest BCUT2D eigenvalue weighted by Gasteiger charge is 2.18. The van der Waals surface area contributed by atoms with Crippen LogP contribution in [0.15, 0.2) is 12.1 Å². The van der Waals surface area contributed by atoms with Crippen molar-refractivity contribution in [2.24, 2.45) is 0 Å². The molecule has 0 radical (unpaired) electrons. The summed E-state index contributed by atoms with van der Waals surface area (Å²) in [6.07, 6.45) is 2.38. The summed E-state index contributed by atoms with van der Waals surface area (Å²) in [5, 5.41) is 3.32. The van der Waals surface area contributed by atoms with Crippen molar-refractivity contribution in [3.05, 3.63) is 12.1 Å². The maximum atomic E-state index is 5.96. The van der Waals surface area contributed by atoms with Gasteiger partial charge in [-0.25, -0.2) is 0 Å². The Hall–Kier alpha value is -1.62. The Balaban J connectivity index is 2.20. The average Bonchev–Trinajstić information content (AvgIpc) is 2.47. The number of hydrogen-bond acceptors (Lipinski definition) is 5. The highest BCUT2D eigenvalue weighted by atomic mass is 16.5. The highest BCUT2D eigenvalue weighted by Crippen LogP contribution is 2.41. The summed E-state index contributed by atoms with van der Waals surface area (Å²) in [7, 11) is 4.79. The summed E-state index contributed by atoms with van der Waals surface area (Å²) in [4.78, 5) is 0. The Bertz CT molecular complexity index is 391. The minimum absolute atomic E-state index is 0.191. The predicted octanol–water partition coefficient (Wildman–Crippen LogP) is 1.84. The molecular weight excluding hydrogens is 246 g/mol. The first-order chi connectivity index (χ1) is 9.28. The summed E-state index contributed by atoms with van der Waals surface area (Å²) < 4.78 is 21.9. The molecule has 19 heavy (non-hydrogen) atoms. The van der Waals surface area contributed by atoms with Gasteiger partial charge in [0.05, 0.1) is 21.3 Å². The van der Waals surface area contributed by atoms with Crippen LogP contribution in [0, 0.1) is 0 Å². The van der Waals surface area contributed by atoms with Crippen molar-refractivity contribution in [2.45, 2.75) is 18.9 Å². The Morgan fingerprint density at radius 2 is 1.74 bits per heavy atom. The molecule has 106 valence electrons. The van der Waals surface area contributed by atoms with Gasteiger partial charge in [0.25, 0.3) is 0 Å². The van der Waals surface area contributed by atoms with Crippen molar-refractivity contribution >= 4 is 0 Å². The number of benzene rings is 1. The predicted molar refractivity (Wildman–Crippen MR) is 72.6 cm³/mol. The van der Waals surface area contributed by atoms with Crippen molar-refractivity contribution in [2.75, 3.05) is 34.4 Å². The van der Waals surface area contributed by atoms with Gasteiger partial charge in [0.2, 0.25) is 5.75 Å². The molecule has 1 saturated heterocycles. The van der Waals surface area contributed by atoms with Crippen LogP contribution in [-0.4, -0.2) is 40.5 Å². The first-order valence-corrected chi connectivity index (χ1v) is 6.46. The van der Waals surface area contributed by atoms with E-state index in [1.165, 1.54) is 0 Å². The molecule has 1 N–H and O–H groups in total. The van der Waals surface area contributed by atoms with E-state index in [1.54, 1.807) is 21.3 Å². The lowest BCUT2D eigenvalue weighted by Crippen LogP contribution is -2.37. The molecule has 0 aliphatic carbocycles. The molecule has 1 unspecified atom stereocenters. The maximum absolute atomic E-state index is 5.96. The largest absolute Gasteiger partial charge is 0.493 e. The molecule has 0 aromatic heterocycles. The fraction of sp³-hybridized carbons (Fsp3) is 0.571. The minimum atomic E-state index is 0.191. The molecule has 0 saturated carbocycles. The van der Waals surface area contributed by atoms with E-state index in [4.69, 9.17) is 18.9 Å². The lowest BCUT2D eigenvalue weighted by Gasteiger charge is -2.24. The van der Waals surface area contributed by atoms with E-state index >= 15 is 0 Å². The first kappa shape index (κ1) is 13.8. The van der Waals surface area contributed by atoms with Crippen molar-refractivity contribution in [3.63, 3.8) is 0 Å². The molecule has 2 rings (SSSR count). The second kappa shape index (κ2) is 6.52. The third-order valence-corrected chi connectivity index (χ3v) is 3.19. The van der Waals surface area contributed by atoms with Gasteiger partial charge in [0.1, 0.15) is 11.9 Å². The summed E-state index contributed by atoms with van der Waals surface area (Å²) >= 11 is 0. The minimum Gasteiger partial charge on any atom is -0.493 e. The molecule has 0 amide bonds. The van der Waals surface area contributed by atoms with Gasteiger partial charge in [-0.3, -0.25) is 0 Å². The molecule has 1 aromatic rings. The van der Waals surface area contributed by atoms with Gasteiger partial charge >= 0.3 is 0 Å². The number of rotatable bonds is 5. The molecule has 1 fully saturated rings. The smallest absolute Gasteiger partial charge is 0.203 e. The van der Waals surface area contributed by atoms with Crippen molar-refractivity contribution < 1.29 is 18.9 Å². The van der Waals surface area contributed by atoms with Gasteiger partial charge in [-0.15, -0.1) is 0 Å². The van der Waals surface area contributed by atoms with Crippen LogP contribution in [0.5, 0.6) is 23.0 Å². The Labute approximate surface area is 113 Å². The van der Waals surface area contributed by atoms with E-state index in [-0.39, 0.29) is 6.10 Å². The van der Waals surface area contributed by atoms with Gasteiger partial charge in [-0.1, -0.05) is 0 Å². The van der Waals surface area contributed by atoms with Gasteiger partial charge in [0, 0.05) is 18.7 Å². The van der Waals surface area contributed by atoms with E-state index in [2.05, 4.69) is 5.32 Å². The van der Waals surface area contributed by atoms with Crippen molar-refractivity contribution in [3.8, 4) is 23.0 Å². The quantitative estimate of drug-likeness (QED) is 0.882. The van der Waals surface area contributed by atoms with Gasteiger partial charge in [-0.2, -0.15) is 0 Å². The SMILES string of the molecule is COc1cc(OC2CCCNC2)cc(OC)c1OC. The highest BCUT2D eigenvalue weighted by molar-refractivity contribution is 5.55. The third-order valence-electron chi connectivity index (χ3n) is 3.19. The summed E-state index contributed by atoms with van der Waals surface area (Å²) in [5.41, 5.74) is 0. The second-order valence-corrected chi connectivity index (χ2v) is 4.45. The molecule has 1 heterocycles. The molecule has 1 aliphatic rings. The number of piperidine rings is 1. The van der Waals surface area contributed by atoms with E-state index in [0.717, 1.165) is 31.7 Å². The van der Waals surface area contributed by atoms with Crippen LogP contribution in [0.1, 0.15) is 12.8 Å². The first-order valence-electron chi connectivity index (χ1n) is 6.46. The lowest BCUT2D eigenvalue weighted by molar-refractivity contribution is 0.165. The van der Waals surface area contributed by atoms with Gasteiger partial charge in [0.15, 0.2) is 11.5 Å². The molecule has 1 atom stereocenters. The average molecular weight is 267 g/mol. The fourth-order valence-corrected chi connectivity index (χ4v) is 2.24. The van der Waals surface area contributed by atoms with Crippen LogP contribution in [0.25, 0.3) is 0 Å². The van der Waals surface area contributed by atoms with Crippen LogP contribution in [-0.2, 0) is 0 Å². The van der Waals surface area contributed by atoms with E-state index in [1.807, 2.05) is 12.1 Å². The zero-order valence-corrected chi connectivity index (χ0v) is 11.7. The van der Waals surface area contributed by atoms with Gasteiger partial charge < -0.3 is 24.3 Å². The standard InChI is InChI=1S/C14H21NO4/c1-16-12-7-11(8-13(17-2)14(12)18-3)19-10-5-4-6-15-9-10/h7-8,10,15H,4-6,9H2,1-3H3. The zero-order valence-electron chi connectivity index (χ0n) is 11.7. The molecule has 1 aromatic carbocycles. The van der Waals surface area contributed by atoms with Crippen LogP contribution in [0.4, 0.5) is 0 Å². The fourth-order valence-electron chi connectivity index (χ4n) is 2.24. The normalized spacial score (nSPS) is 18.8. The summed E-state index contributed by atoms with van der Waals surface area (Å²) in [6.45, 7) is 1.94. The number of hydrogen-bond donors (Lipinski definition) is 1. The monoisotopic (exact) mass is 267 g/mol. The second-order valence-electron chi connectivity index (χ2n) is 4.45. The third kappa shape index (κ3) is 3.23. The molecule has 5 heteroatoms. The number of methoxy groups -OCH3 is 3. The molecule has 1 aliphatic heterocycles. The van der Waals surface area contributed by atoms with Crippen LogP contribution < -0.4 is 24.3 Å². The van der Waals surface area contributed by atoms with Crippen LogP contribution >= 0.6 is 0 Å². The van der Waals surface area contributed by atoms with Crippen LogP contribution in [0.3, 0.4) is 0 Å². The number of nitrogens with one attached hydrogen (secondary N) is 1. The Morgan fingerprint density at radius 3 is 2.21 bits per heavy atom. The molecule has 0 spiro atoms. The van der Waals surface area contributed by atoms with Crippen molar-refractivity contribution in [1.29, 1.82) is 0 Å². The zero-order chi connectivity index (χ0) is 13.7. The van der Waals surface area contributed by atoms with Gasteiger partial charge in [-0.05, 0) is 19.4 Å². The topological polar surface area (TPSA) is 49.0 Å². The molecular formula is C14H21NO4. The van der Waals surface area contributed by atoms with Crippen molar-refractivity contribution in [1.82, 2.24) is 5.32 Å². The lowest BCUT2D eigenvalue weighted by atomic mass is 10.1. The number of ether oxygens (including phenoxy) is 4. The Morgan fingerprint density at radius 1 is 1.05 bits per heavy atom. The van der Waals surface area contributed by atoms with E-state index in [0.29, 0.717) is 17.2 Å².